The molecule has 0 aliphatic heterocycles. The summed E-state index contributed by atoms with van der Waals surface area (Å²) in [6.45, 7) is 4.34. The van der Waals surface area contributed by atoms with Gasteiger partial charge >= 0.3 is 0 Å². The van der Waals surface area contributed by atoms with Crippen LogP contribution in [-0.2, 0) is 15.8 Å². The summed E-state index contributed by atoms with van der Waals surface area (Å²) in [5, 5.41) is 8.93. The number of thioether (sulfide) groups is 1. The molecule has 3 aromatic rings. The minimum absolute atomic E-state index is 0.166. The molecule has 160 valence electrons. The molecule has 0 bridgehead atoms. The Morgan fingerprint density at radius 2 is 1.90 bits per heavy atom. The number of rotatable bonds is 8. The van der Waals surface area contributed by atoms with Crippen LogP contribution in [0, 0.1) is 5.82 Å². The molecule has 0 unspecified atom stereocenters. The minimum Gasteiger partial charge on any atom is -0.335 e. The molecule has 2 N–H and O–H groups in total. The second-order valence-corrected chi connectivity index (χ2v) is 9.61. The predicted octanol–water partition coefficient (Wildman–Crippen LogP) is 3.77. The Morgan fingerprint density at radius 3 is 2.57 bits per heavy atom. The summed E-state index contributed by atoms with van der Waals surface area (Å²) in [4.78, 5) is 0.166. The molecule has 3 rings (SSSR count). The van der Waals surface area contributed by atoms with E-state index in [9.17, 15) is 12.8 Å². The molecule has 0 aliphatic carbocycles. The lowest BCUT2D eigenvalue weighted by atomic mass is 10.2. The van der Waals surface area contributed by atoms with E-state index in [-0.39, 0.29) is 4.90 Å². The van der Waals surface area contributed by atoms with Gasteiger partial charge in [0.15, 0.2) is 5.82 Å². The molecule has 1 aromatic heterocycles. The first-order chi connectivity index (χ1) is 14.3. The summed E-state index contributed by atoms with van der Waals surface area (Å²) in [5.41, 5.74) is 1.27. The van der Waals surface area contributed by atoms with Gasteiger partial charge in [-0.15, -0.1) is 10.2 Å². The van der Waals surface area contributed by atoms with Crippen molar-refractivity contribution in [3.05, 3.63) is 58.9 Å². The van der Waals surface area contributed by atoms with E-state index in [1.54, 1.807) is 38.1 Å². The standard InChI is InChI=1S/C19H21ClFN5O2S2/c1-3-25(4-2)30(27,28)16-7-5-6-13(10-16)18-23-24-19(26(18)22)29-12-14-8-9-15(21)11-17(14)20/h5-11H,3-4,12,22H2,1-2H3. The second kappa shape index (κ2) is 9.34. The summed E-state index contributed by atoms with van der Waals surface area (Å²) < 4.78 is 41.5. The van der Waals surface area contributed by atoms with Crippen LogP contribution in [0.5, 0.6) is 0 Å². The quantitative estimate of drug-likeness (QED) is 0.398. The highest BCUT2D eigenvalue weighted by Gasteiger charge is 2.23. The van der Waals surface area contributed by atoms with Crippen molar-refractivity contribution >= 4 is 33.4 Å². The Balaban J connectivity index is 1.85. The number of aromatic nitrogens is 3. The maximum absolute atomic E-state index is 13.2. The van der Waals surface area contributed by atoms with Crippen LogP contribution in [0.4, 0.5) is 4.39 Å². The lowest BCUT2D eigenvalue weighted by Crippen LogP contribution is -2.30. The van der Waals surface area contributed by atoms with Crippen molar-refractivity contribution in [2.45, 2.75) is 29.7 Å². The molecular weight excluding hydrogens is 449 g/mol. The van der Waals surface area contributed by atoms with Gasteiger partial charge in [-0.1, -0.05) is 55.4 Å². The van der Waals surface area contributed by atoms with Crippen LogP contribution in [-0.4, -0.2) is 40.7 Å². The van der Waals surface area contributed by atoms with E-state index in [4.69, 9.17) is 17.4 Å². The number of hydrogen-bond acceptors (Lipinski definition) is 6. The van der Waals surface area contributed by atoms with Crippen LogP contribution in [0.25, 0.3) is 11.4 Å². The van der Waals surface area contributed by atoms with Gasteiger partial charge in [-0.2, -0.15) is 4.31 Å². The van der Waals surface area contributed by atoms with E-state index in [1.807, 2.05) is 0 Å². The highest BCUT2D eigenvalue weighted by atomic mass is 35.5. The molecule has 1 heterocycles. The molecular formula is C19H21ClFN5O2S2. The summed E-state index contributed by atoms with van der Waals surface area (Å²) in [7, 11) is -3.61. The molecule has 0 atom stereocenters. The third kappa shape index (κ3) is 4.61. The lowest BCUT2D eigenvalue weighted by Gasteiger charge is -2.18. The maximum Gasteiger partial charge on any atom is 0.243 e. The van der Waals surface area contributed by atoms with E-state index in [0.29, 0.717) is 40.4 Å². The monoisotopic (exact) mass is 469 g/mol. The zero-order valence-electron chi connectivity index (χ0n) is 16.4. The normalized spacial score (nSPS) is 11.9. The minimum atomic E-state index is -3.61. The van der Waals surface area contributed by atoms with Crippen molar-refractivity contribution in [2.24, 2.45) is 0 Å². The van der Waals surface area contributed by atoms with E-state index >= 15 is 0 Å². The highest BCUT2D eigenvalue weighted by molar-refractivity contribution is 7.98. The smallest absolute Gasteiger partial charge is 0.243 e. The lowest BCUT2D eigenvalue weighted by molar-refractivity contribution is 0.445. The molecule has 7 nitrogen and oxygen atoms in total. The third-order valence-electron chi connectivity index (χ3n) is 4.47. The maximum atomic E-state index is 13.2. The number of nitrogens with two attached hydrogens (primary N) is 1. The number of nitrogen functional groups attached to an aromatic ring is 1. The van der Waals surface area contributed by atoms with Crippen molar-refractivity contribution in [1.82, 2.24) is 19.2 Å². The van der Waals surface area contributed by atoms with Crippen molar-refractivity contribution in [3.63, 3.8) is 0 Å². The fourth-order valence-corrected chi connectivity index (χ4v) is 5.54. The van der Waals surface area contributed by atoms with Gasteiger partial charge in [0.25, 0.3) is 0 Å². The number of halogens is 2. The van der Waals surface area contributed by atoms with Crippen LogP contribution in [0.2, 0.25) is 5.02 Å². The van der Waals surface area contributed by atoms with Crippen LogP contribution in [0.15, 0.2) is 52.5 Å². The van der Waals surface area contributed by atoms with E-state index in [2.05, 4.69) is 10.2 Å². The summed E-state index contributed by atoms with van der Waals surface area (Å²) in [6.07, 6.45) is 0. The SMILES string of the molecule is CCN(CC)S(=O)(=O)c1cccc(-c2nnc(SCc3ccc(F)cc3Cl)n2N)c1. The van der Waals surface area contributed by atoms with E-state index < -0.39 is 15.8 Å². The van der Waals surface area contributed by atoms with Gasteiger partial charge in [-0.25, -0.2) is 17.5 Å². The van der Waals surface area contributed by atoms with Crippen LogP contribution in [0.1, 0.15) is 19.4 Å². The molecule has 11 heteroatoms. The molecule has 30 heavy (non-hydrogen) atoms. The Labute approximate surface area is 184 Å². The Bertz CT molecular complexity index is 1150. The number of hydrogen-bond donors (Lipinski definition) is 1. The van der Waals surface area contributed by atoms with Crippen molar-refractivity contribution in [1.29, 1.82) is 0 Å². The van der Waals surface area contributed by atoms with Gasteiger partial charge in [-0.3, -0.25) is 0 Å². The Morgan fingerprint density at radius 1 is 1.17 bits per heavy atom. The number of benzene rings is 2. The Hall–Kier alpha value is -2.14. The second-order valence-electron chi connectivity index (χ2n) is 6.32. The fourth-order valence-electron chi connectivity index (χ4n) is 2.86. The zero-order chi connectivity index (χ0) is 21.9. The molecule has 0 fully saturated rings. The average Bonchev–Trinajstić information content (AvgIpc) is 3.08. The molecule has 0 spiro atoms. The third-order valence-corrected chi connectivity index (χ3v) is 7.86. The van der Waals surface area contributed by atoms with E-state index in [1.165, 1.54) is 38.9 Å². The van der Waals surface area contributed by atoms with Crippen LogP contribution >= 0.6 is 23.4 Å². The first-order valence-electron chi connectivity index (χ1n) is 9.15. The molecule has 0 aliphatic rings. The number of nitrogens with zero attached hydrogens (tertiary/aromatic N) is 4. The molecule has 0 amide bonds. The summed E-state index contributed by atoms with van der Waals surface area (Å²) in [6, 6.07) is 10.6. The largest absolute Gasteiger partial charge is 0.335 e. The fraction of sp³-hybridized carbons (Fsp3) is 0.263. The summed E-state index contributed by atoms with van der Waals surface area (Å²) in [5.74, 6) is 6.50. The molecule has 0 radical (unpaired) electrons. The van der Waals surface area contributed by atoms with Crippen LogP contribution in [0.3, 0.4) is 0 Å². The molecule has 2 aromatic carbocycles. The summed E-state index contributed by atoms with van der Waals surface area (Å²) >= 11 is 7.35. The van der Waals surface area contributed by atoms with Gasteiger partial charge in [0.1, 0.15) is 5.82 Å². The topological polar surface area (TPSA) is 94.1 Å². The molecule has 0 saturated carbocycles. The number of sulfonamides is 1. The Kier molecular flexibility index (Phi) is 7.02. The first kappa shape index (κ1) is 22.5. The van der Waals surface area contributed by atoms with Gasteiger partial charge in [-0.05, 0) is 29.8 Å². The van der Waals surface area contributed by atoms with Gasteiger partial charge in [0, 0.05) is 29.4 Å². The highest BCUT2D eigenvalue weighted by Crippen LogP contribution is 2.28. The van der Waals surface area contributed by atoms with Gasteiger partial charge in [0.2, 0.25) is 15.2 Å². The van der Waals surface area contributed by atoms with Gasteiger partial charge in [0.05, 0.1) is 4.90 Å². The van der Waals surface area contributed by atoms with Gasteiger partial charge < -0.3 is 5.84 Å². The first-order valence-corrected chi connectivity index (χ1v) is 12.0. The van der Waals surface area contributed by atoms with Crippen molar-refractivity contribution in [3.8, 4) is 11.4 Å². The van der Waals surface area contributed by atoms with E-state index in [0.717, 1.165) is 5.56 Å². The van der Waals surface area contributed by atoms with Crippen molar-refractivity contribution < 1.29 is 12.8 Å². The zero-order valence-corrected chi connectivity index (χ0v) is 18.8. The van der Waals surface area contributed by atoms with Crippen molar-refractivity contribution in [2.75, 3.05) is 18.9 Å². The predicted molar refractivity (Wildman–Crippen MR) is 117 cm³/mol. The average molecular weight is 470 g/mol. The molecule has 0 saturated heterocycles. The van der Waals surface area contributed by atoms with Crippen LogP contribution < -0.4 is 5.84 Å².